The third-order valence-electron chi connectivity index (χ3n) is 4.81. The summed E-state index contributed by atoms with van der Waals surface area (Å²) in [4.78, 5) is 10.0. The quantitative estimate of drug-likeness (QED) is 0.813. The molecule has 3 heterocycles. The number of fused-ring (bicyclic) bond motifs is 1. The highest BCUT2D eigenvalue weighted by molar-refractivity contribution is 7.16. The smallest absolute Gasteiger partial charge is 0.186 e. The van der Waals surface area contributed by atoms with E-state index in [1.807, 2.05) is 31.1 Å². The first-order chi connectivity index (χ1) is 13.1. The SMILES string of the molecule is CN(C)c1nc(Cl)c(CN2CCCC(Nc3ccc4c(c3)OCCO4)C2)s1. The van der Waals surface area contributed by atoms with Gasteiger partial charge in [0.1, 0.15) is 18.4 Å². The molecule has 0 saturated carbocycles. The number of ether oxygens (including phenoxy) is 2. The van der Waals surface area contributed by atoms with E-state index in [0.29, 0.717) is 24.4 Å². The lowest BCUT2D eigenvalue weighted by molar-refractivity contribution is 0.171. The molecule has 1 aromatic heterocycles. The van der Waals surface area contributed by atoms with Crippen molar-refractivity contribution >= 4 is 33.8 Å². The van der Waals surface area contributed by atoms with Gasteiger partial charge in [0.2, 0.25) is 0 Å². The van der Waals surface area contributed by atoms with E-state index in [1.54, 1.807) is 11.3 Å². The molecule has 1 atom stereocenters. The molecule has 2 aromatic rings. The zero-order chi connectivity index (χ0) is 18.8. The summed E-state index contributed by atoms with van der Waals surface area (Å²) in [5.74, 6) is 1.65. The third-order valence-corrected chi connectivity index (χ3v) is 6.44. The van der Waals surface area contributed by atoms with Gasteiger partial charge in [-0.2, -0.15) is 0 Å². The molecule has 27 heavy (non-hydrogen) atoms. The largest absolute Gasteiger partial charge is 0.486 e. The van der Waals surface area contributed by atoms with Gasteiger partial charge < -0.3 is 19.7 Å². The van der Waals surface area contributed by atoms with Crippen LogP contribution in [0.5, 0.6) is 11.5 Å². The van der Waals surface area contributed by atoms with Crippen molar-refractivity contribution in [3.05, 3.63) is 28.2 Å². The van der Waals surface area contributed by atoms with Crippen LogP contribution in [-0.2, 0) is 6.54 Å². The summed E-state index contributed by atoms with van der Waals surface area (Å²) in [6.45, 7) is 4.15. The Morgan fingerprint density at radius 3 is 2.89 bits per heavy atom. The first kappa shape index (κ1) is 18.7. The van der Waals surface area contributed by atoms with Crippen molar-refractivity contribution in [2.75, 3.05) is 50.6 Å². The number of aromatic nitrogens is 1. The van der Waals surface area contributed by atoms with Gasteiger partial charge in [0.05, 0.1) is 4.88 Å². The lowest BCUT2D eigenvalue weighted by atomic mass is 10.1. The molecule has 0 bridgehead atoms. The Kier molecular flexibility index (Phi) is 5.61. The van der Waals surface area contributed by atoms with Gasteiger partial charge in [0.25, 0.3) is 0 Å². The van der Waals surface area contributed by atoms with Crippen LogP contribution < -0.4 is 19.7 Å². The van der Waals surface area contributed by atoms with Crippen molar-refractivity contribution in [1.82, 2.24) is 9.88 Å². The van der Waals surface area contributed by atoms with Crippen LogP contribution in [0.2, 0.25) is 5.15 Å². The summed E-state index contributed by atoms with van der Waals surface area (Å²) >= 11 is 8.02. The normalized spacial score (nSPS) is 19.7. The maximum absolute atomic E-state index is 6.35. The van der Waals surface area contributed by atoms with Crippen molar-refractivity contribution in [1.29, 1.82) is 0 Å². The highest BCUT2D eigenvalue weighted by Gasteiger charge is 2.23. The fraction of sp³-hybridized carbons (Fsp3) is 0.526. The number of halogens is 1. The van der Waals surface area contributed by atoms with Gasteiger partial charge in [-0.1, -0.05) is 22.9 Å². The molecule has 146 valence electrons. The van der Waals surface area contributed by atoms with E-state index in [1.165, 1.54) is 6.42 Å². The van der Waals surface area contributed by atoms with E-state index in [-0.39, 0.29) is 0 Å². The molecular weight excluding hydrogens is 384 g/mol. The number of anilines is 2. The molecule has 1 aromatic carbocycles. The highest BCUT2D eigenvalue weighted by Crippen LogP contribution is 2.34. The number of likely N-dealkylation sites (tertiary alicyclic amines) is 1. The summed E-state index contributed by atoms with van der Waals surface area (Å²) in [6, 6.07) is 6.49. The Bertz CT molecular complexity index is 798. The topological polar surface area (TPSA) is 49.9 Å². The average molecular weight is 409 g/mol. The zero-order valence-corrected chi connectivity index (χ0v) is 17.3. The molecule has 1 saturated heterocycles. The summed E-state index contributed by atoms with van der Waals surface area (Å²) in [6.07, 6.45) is 2.32. The first-order valence-electron chi connectivity index (χ1n) is 9.29. The van der Waals surface area contributed by atoms with E-state index in [9.17, 15) is 0 Å². The van der Waals surface area contributed by atoms with Crippen LogP contribution in [0.4, 0.5) is 10.8 Å². The van der Waals surface area contributed by atoms with Gasteiger partial charge in [-0.15, -0.1) is 0 Å². The molecule has 6 nitrogen and oxygen atoms in total. The number of nitrogens with zero attached hydrogens (tertiary/aromatic N) is 3. The van der Waals surface area contributed by atoms with Gasteiger partial charge in [-0.05, 0) is 31.5 Å². The lowest BCUT2D eigenvalue weighted by Crippen LogP contribution is -2.41. The number of benzene rings is 1. The highest BCUT2D eigenvalue weighted by atomic mass is 35.5. The number of piperidine rings is 1. The van der Waals surface area contributed by atoms with E-state index in [2.05, 4.69) is 21.3 Å². The summed E-state index contributed by atoms with van der Waals surface area (Å²) in [5.41, 5.74) is 1.08. The average Bonchev–Trinajstić information content (AvgIpc) is 3.03. The lowest BCUT2D eigenvalue weighted by Gasteiger charge is -2.33. The molecule has 0 amide bonds. The second kappa shape index (κ2) is 8.12. The van der Waals surface area contributed by atoms with Crippen molar-refractivity contribution in [2.24, 2.45) is 0 Å². The molecule has 2 aliphatic heterocycles. The van der Waals surface area contributed by atoms with Gasteiger partial charge in [-0.3, -0.25) is 4.90 Å². The Balaban J connectivity index is 1.38. The van der Waals surface area contributed by atoms with Crippen molar-refractivity contribution in [3.8, 4) is 11.5 Å². The summed E-state index contributed by atoms with van der Waals surface area (Å²) in [7, 11) is 3.99. The van der Waals surface area contributed by atoms with Crippen LogP contribution in [-0.4, -0.2) is 56.3 Å². The predicted octanol–water partition coefficient (Wildman–Crippen LogP) is 3.71. The maximum Gasteiger partial charge on any atom is 0.186 e. The second-order valence-electron chi connectivity index (χ2n) is 7.18. The van der Waals surface area contributed by atoms with Crippen LogP contribution in [0.15, 0.2) is 18.2 Å². The minimum Gasteiger partial charge on any atom is -0.486 e. The molecule has 0 spiro atoms. The van der Waals surface area contributed by atoms with Crippen LogP contribution in [0, 0.1) is 0 Å². The minimum absolute atomic E-state index is 0.404. The monoisotopic (exact) mass is 408 g/mol. The van der Waals surface area contributed by atoms with Crippen molar-refractivity contribution in [2.45, 2.75) is 25.4 Å². The Hall–Kier alpha value is -1.70. The number of hydrogen-bond donors (Lipinski definition) is 1. The predicted molar refractivity (Wildman–Crippen MR) is 111 cm³/mol. The van der Waals surface area contributed by atoms with E-state index < -0.39 is 0 Å². The molecule has 1 N–H and O–H groups in total. The Morgan fingerprint density at radius 1 is 1.30 bits per heavy atom. The van der Waals surface area contributed by atoms with E-state index in [0.717, 1.165) is 53.3 Å². The van der Waals surface area contributed by atoms with E-state index in [4.69, 9.17) is 21.1 Å². The van der Waals surface area contributed by atoms with Crippen molar-refractivity contribution in [3.63, 3.8) is 0 Å². The summed E-state index contributed by atoms with van der Waals surface area (Å²) < 4.78 is 11.3. The number of nitrogens with one attached hydrogen (secondary N) is 1. The van der Waals surface area contributed by atoms with E-state index >= 15 is 0 Å². The molecule has 4 rings (SSSR count). The molecule has 2 aliphatic rings. The van der Waals surface area contributed by atoms with Gasteiger partial charge in [-0.25, -0.2) is 4.98 Å². The number of thiazole rings is 1. The second-order valence-corrected chi connectivity index (χ2v) is 8.60. The Labute approximate surface area is 169 Å². The van der Waals surface area contributed by atoms with Gasteiger partial charge in [0, 0.05) is 45.0 Å². The van der Waals surface area contributed by atoms with Crippen LogP contribution in [0.3, 0.4) is 0 Å². The fourth-order valence-corrected chi connectivity index (χ4v) is 4.72. The molecule has 0 aliphatic carbocycles. The molecule has 1 fully saturated rings. The standard InChI is InChI=1S/C19H25ClN4O2S/c1-23(2)19-22-18(20)17(27-19)12-24-7-3-4-14(11-24)21-13-5-6-15-16(10-13)26-9-8-25-15/h5-6,10,14,21H,3-4,7-9,11-12H2,1-2H3. The van der Waals surface area contributed by atoms with Crippen LogP contribution >= 0.6 is 22.9 Å². The number of rotatable bonds is 5. The van der Waals surface area contributed by atoms with Crippen LogP contribution in [0.25, 0.3) is 0 Å². The molecular formula is C19H25ClN4O2S. The van der Waals surface area contributed by atoms with Gasteiger partial charge >= 0.3 is 0 Å². The minimum atomic E-state index is 0.404. The maximum atomic E-state index is 6.35. The number of hydrogen-bond acceptors (Lipinski definition) is 7. The molecule has 0 radical (unpaired) electrons. The summed E-state index contributed by atoms with van der Waals surface area (Å²) in [5, 5.41) is 5.24. The van der Waals surface area contributed by atoms with Crippen LogP contribution in [0.1, 0.15) is 17.7 Å². The molecule has 8 heteroatoms. The first-order valence-corrected chi connectivity index (χ1v) is 10.5. The fourth-order valence-electron chi connectivity index (χ4n) is 3.50. The molecule has 1 unspecified atom stereocenters. The van der Waals surface area contributed by atoms with Crippen molar-refractivity contribution < 1.29 is 9.47 Å². The Morgan fingerprint density at radius 2 is 2.11 bits per heavy atom. The third kappa shape index (κ3) is 4.42. The van der Waals surface area contributed by atoms with Gasteiger partial charge in [0.15, 0.2) is 16.6 Å². The zero-order valence-electron chi connectivity index (χ0n) is 15.7.